The highest BCUT2D eigenvalue weighted by molar-refractivity contribution is 5.01. The first-order valence-corrected chi connectivity index (χ1v) is 3.37. The molecule has 0 aromatic heterocycles. The Morgan fingerprint density at radius 2 is 1.85 bits per heavy atom. The quantitative estimate of drug-likeness (QED) is 0.609. The molecule has 1 rings (SSSR count). The summed E-state index contributed by atoms with van der Waals surface area (Å²) in [6.07, 6.45) is -7.71. The van der Waals surface area contributed by atoms with Crippen molar-refractivity contribution in [1.82, 2.24) is 0 Å². The molecule has 0 spiro atoms. The van der Waals surface area contributed by atoms with Gasteiger partial charge >= 0.3 is 6.18 Å². The van der Waals surface area contributed by atoms with Crippen LogP contribution in [0.1, 0.15) is 6.92 Å². The summed E-state index contributed by atoms with van der Waals surface area (Å²) in [6.45, 7) is -1.17. The monoisotopic (exact) mass is 206 g/mol. The average Bonchev–Trinajstić information content (AvgIpc) is 2.13. The summed E-state index contributed by atoms with van der Waals surface area (Å²) in [6, 6.07) is 0. The third-order valence-electron chi connectivity index (χ3n) is 2.27. The van der Waals surface area contributed by atoms with Crippen LogP contribution < -0.4 is 0 Å². The molecule has 0 amide bonds. The van der Waals surface area contributed by atoms with Gasteiger partial charge in [0.25, 0.3) is 5.92 Å². The maximum Gasteiger partial charge on any atom is 0.405 e. The van der Waals surface area contributed by atoms with E-state index in [9.17, 15) is 22.0 Å². The van der Waals surface area contributed by atoms with Crippen LogP contribution in [0.2, 0.25) is 0 Å². The van der Waals surface area contributed by atoms with Crippen molar-refractivity contribution < 1.29 is 31.8 Å². The molecule has 1 aliphatic rings. The summed E-state index contributed by atoms with van der Waals surface area (Å²) in [4.78, 5) is 0. The first-order chi connectivity index (χ1) is 5.63. The van der Waals surface area contributed by atoms with E-state index in [4.69, 9.17) is 5.11 Å². The maximum absolute atomic E-state index is 12.7. The number of aliphatic hydroxyl groups excluding tert-OH is 1. The van der Waals surface area contributed by atoms with Crippen LogP contribution in [-0.2, 0) is 4.74 Å². The highest BCUT2D eigenvalue weighted by Gasteiger charge is 2.74. The van der Waals surface area contributed by atoms with E-state index in [0.29, 0.717) is 0 Å². The molecule has 78 valence electrons. The van der Waals surface area contributed by atoms with Gasteiger partial charge in [0.2, 0.25) is 0 Å². The van der Waals surface area contributed by atoms with Crippen molar-refractivity contribution >= 4 is 0 Å². The lowest BCUT2D eigenvalue weighted by Gasteiger charge is -2.33. The molecule has 1 fully saturated rings. The fourth-order valence-corrected chi connectivity index (χ4v) is 1.03. The van der Waals surface area contributed by atoms with Crippen LogP contribution in [0.3, 0.4) is 0 Å². The molecule has 1 heterocycles. The van der Waals surface area contributed by atoms with Gasteiger partial charge in [0, 0.05) is 0 Å². The van der Waals surface area contributed by atoms with Crippen molar-refractivity contribution in [2.45, 2.75) is 25.3 Å². The molecule has 0 saturated carbocycles. The van der Waals surface area contributed by atoms with Gasteiger partial charge in [-0.25, -0.2) is 8.78 Å². The van der Waals surface area contributed by atoms with Crippen LogP contribution in [0.25, 0.3) is 0 Å². The lowest BCUT2D eigenvalue weighted by molar-refractivity contribution is -0.309. The van der Waals surface area contributed by atoms with Crippen LogP contribution in [0.4, 0.5) is 22.0 Å². The van der Waals surface area contributed by atoms with Gasteiger partial charge in [0.1, 0.15) is 6.61 Å². The highest BCUT2D eigenvalue weighted by Crippen LogP contribution is 2.55. The minimum atomic E-state index is -5.20. The van der Waals surface area contributed by atoms with Gasteiger partial charge in [-0.15, -0.1) is 0 Å². The highest BCUT2D eigenvalue weighted by atomic mass is 19.4. The number of alkyl halides is 5. The van der Waals surface area contributed by atoms with Gasteiger partial charge < -0.3 is 9.84 Å². The van der Waals surface area contributed by atoms with E-state index in [1.165, 1.54) is 0 Å². The minimum absolute atomic E-state index is 0.241. The summed E-state index contributed by atoms with van der Waals surface area (Å²) in [7, 11) is 0. The van der Waals surface area contributed by atoms with Crippen LogP contribution in [-0.4, -0.2) is 30.1 Å². The zero-order valence-electron chi connectivity index (χ0n) is 6.53. The smallest absolute Gasteiger partial charge is 0.367 e. The normalized spacial score (nSPS) is 39.5. The largest absolute Gasteiger partial charge is 0.405 e. The summed E-state index contributed by atoms with van der Waals surface area (Å²) in [5.41, 5.74) is -3.51. The van der Waals surface area contributed by atoms with E-state index in [1.54, 1.807) is 0 Å². The van der Waals surface area contributed by atoms with Crippen LogP contribution in [0, 0.1) is 5.41 Å². The molecule has 13 heavy (non-hydrogen) atoms. The van der Waals surface area contributed by atoms with Crippen molar-refractivity contribution in [2.24, 2.45) is 5.41 Å². The summed E-state index contributed by atoms with van der Waals surface area (Å²) in [5, 5.41) is 8.70. The predicted octanol–water partition coefficient (Wildman–Crippen LogP) is 1.54. The molecule has 1 saturated heterocycles. The van der Waals surface area contributed by atoms with Gasteiger partial charge in [-0.05, 0) is 6.92 Å². The lowest BCUT2D eigenvalue weighted by atomic mass is 9.84. The Balaban J connectivity index is 3.11. The molecular weight excluding hydrogens is 199 g/mol. The van der Waals surface area contributed by atoms with Crippen molar-refractivity contribution in [2.75, 3.05) is 6.61 Å². The number of aliphatic hydroxyl groups is 1. The number of hydrogen-bond donors (Lipinski definition) is 1. The minimum Gasteiger partial charge on any atom is -0.367 e. The third kappa shape index (κ3) is 1.21. The van der Waals surface area contributed by atoms with Crippen LogP contribution in [0.5, 0.6) is 0 Å². The SMILES string of the molecule is CC1(C(F)(F)F)C(O)OCC1(F)F. The number of ether oxygens (including phenoxy) is 1. The van der Waals surface area contributed by atoms with Crippen molar-refractivity contribution in [3.8, 4) is 0 Å². The summed E-state index contributed by atoms with van der Waals surface area (Å²) >= 11 is 0. The molecule has 0 radical (unpaired) electrons. The first kappa shape index (κ1) is 10.6. The second kappa shape index (κ2) is 2.54. The molecule has 1 N–H and O–H groups in total. The Morgan fingerprint density at radius 3 is 2.00 bits per heavy atom. The second-order valence-corrected chi connectivity index (χ2v) is 3.07. The Bertz CT molecular complexity index is 214. The third-order valence-corrected chi connectivity index (χ3v) is 2.27. The summed E-state index contributed by atoms with van der Waals surface area (Å²) < 4.78 is 65.9. The van der Waals surface area contributed by atoms with Gasteiger partial charge in [-0.3, -0.25) is 0 Å². The van der Waals surface area contributed by atoms with E-state index in [-0.39, 0.29) is 6.92 Å². The molecule has 0 aromatic carbocycles. The molecule has 7 heteroatoms. The first-order valence-electron chi connectivity index (χ1n) is 3.37. The van der Waals surface area contributed by atoms with E-state index in [0.717, 1.165) is 0 Å². The topological polar surface area (TPSA) is 29.5 Å². The number of rotatable bonds is 0. The molecule has 2 atom stereocenters. The van der Waals surface area contributed by atoms with Gasteiger partial charge in [-0.1, -0.05) is 0 Å². The molecule has 2 unspecified atom stereocenters. The predicted molar refractivity (Wildman–Crippen MR) is 31.1 cm³/mol. The van der Waals surface area contributed by atoms with Crippen molar-refractivity contribution in [1.29, 1.82) is 0 Å². The molecular formula is C6H7F5O2. The molecule has 1 aliphatic heterocycles. The fraction of sp³-hybridized carbons (Fsp3) is 1.00. The second-order valence-electron chi connectivity index (χ2n) is 3.07. The summed E-state index contributed by atoms with van der Waals surface area (Å²) in [5.74, 6) is -4.09. The Morgan fingerprint density at radius 1 is 1.38 bits per heavy atom. The Hall–Kier alpha value is -0.430. The fourth-order valence-electron chi connectivity index (χ4n) is 1.03. The number of halogens is 5. The lowest BCUT2D eigenvalue weighted by Crippen LogP contribution is -2.52. The zero-order chi connectivity index (χ0) is 10.5. The van der Waals surface area contributed by atoms with Gasteiger partial charge in [0.05, 0.1) is 0 Å². The van der Waals surface area contributed by atoms with E-state index >= 15 is 0 Å². The van der Waals surface area contributed by atoms with Crippen molar-refractivity contribution in [3.05, 3.63) is 0 Å². The number of hydrogen-bond acceptors (Lipinski definition) is 2. The van der Waals surface area contributed by atoms with Crippen LogP contribution >= 0.6 is 0 Å². The standard InChI is InChI=1S/C6H7F5O2/c1-4(6(9,10)11)3(12)13-2-5(4,7)8/h3,12H,2H2,1H3. The molecule has 0 aromatic rings. The molecule has 2 nitrogen and oxygen atoms in total. The molecule has 0 bridgehead atoms. The zero-order valence-corrected chi connectivity index (χ0v) is 6.53. The van der Waals surface area contributed by atoms with Gasteiger partial charge in [0.15, 0.2) is 11.7 Å². The van der Waals surface area contributed by atoms with Crippen molar-refractivity contribution in [3.63, 3.8) is 0 Å². The Kier molecular flexibility index (Phi) is 2.08. The average molecular weight is 206 g/mol. The van der Waals surface area contributed by atoms with Gasteiger partial charge in [-0.2, -0.15) is 13.2 Å². The van der Waals surface area contributed by atoms with E-state index in [2.05, 4.69) is 4.74 Å². The van der Waals surface area contributed by atoms with E-state index in [1.807, 2.05) is 0 Å². The molecule has 0 aliphatic carbocycles. The maximum atomic E-state index is 12.7. The Labute approximate surface area is 70.3 Å². The van der Waals surface area contributed by atoms with Crippen LogP contribution in [0.15, 0.2) is 0 Å². The van der Waals surface area contributed by atoms with E-state index < -0.39 is 30.4 Å².